The van der Waals surface area contributed by atoms with Gasteiger partial charge in [-0.15, -0.1) is 0 Å². The zero-order valence-corrected chi connectivity index (χ0v) is 13.0. The standard InChI is InChI=1S/C16H20N2O3/c1-10(2)20-16(19)7-6-14-8-11(3)18(13(14)5)15-9-12(4)21-17-15/h6-10H,1-5H3/b7-6+. The summed E-state index contributed by atoms with van der Waals surface area (Å²) in [7, 11) is 0. The second-order valence-corrected chi connectivity index (χ2v) is 5.28. The zero-order chi connectivity index (χ0) is 15.6. The number of esters is 1. The highest BCUT2D eigenvalue weighted by molar-refractivity contribution is 5.87. The molecule has 21 heavy (non-hydrogen) atoms. The van der Waals surface area contributed by atoms with Crippen molar-refractivity contribution in [1.82, 2.24) is 9.72 Å². The molecule has 0 N–H and O–H groups in total. The number of carbonyl (C=O) groups excluding carboxylic acids is 1. The summed E-state index contributed by atoms with van der Waals surface area (Å²) in [4.78, 5) is 11.6. The second kappa shape index (κ2) is 5.99. The van der Waals surface area contributed by atoms with Crippen LogP contribution in [0.25, 0.3) is 11.9 Å². The first-order valence-corrected chi connectivity index (χ1v) is 6.90. The quantitative estimate of drug-likeness (QED) is 0.639. The normalized spacial score (nSPS) is 11.5. The second-order valence-electron chi connectivity index (χ2n) is 5.28. The summed E-state index contributed by atoms with van der Waals surface area (Å²) in [6, 6.07) is 3.87. The van der Waals surface area contributed by atoms with Crippen molar-refractivity contribution in [3.8, 4) is 5.82 Å². The van der Waals surface area contributed by atoms with E-state index in [0.29, 0.717) is 0 Å². The molecule has 2 heterocycles. The summed E-state index contributed by atoms with van der Waals surface area (Å²) in [5, 5.41) is 4.03. The Bertz CT molecular complexity index is 678. The fourth-order valence-electron chi connectivity index (χ4n) is 2.20. The van der Waals surface area contributed by atoms with Gasteiger partial charge in [0, 0.05) is 23.5 Å². The molecule has 0 fully saturated rings. The molecule has 0 amide bonds. The molecule has 0 aliphatic rings. The van der Waals surface area contributed by atoms with Crippen molar-refractivity contribution in [2.45, 2.75) is 40.7 Å². The minimum atomic E-state index is -0.341. The first kappa shape index (κ1) is 15.1. The van der Waals surface area contributed by atoms with E-state index in [9.17, 15) is 4.79 Å². The van der Waals surface area contributed by atoms with Gasteiger partial charge in [-0.05, 0) is 52.3 Å². The maximum Gasteiger partial charge on any atom is 0.331 e. The van der Waals surface area contributed by atoms with E-state index in [1.54, 1.807) is 6.08 Å². The molecule has 2 rings (SSSR count). The van der Waals surface area contributed by atoms with Crippen LogP contribution in [0.4, 0.5) is 0 Å². The minimum absolute atomic E-state index is 0.118. The first-order valence-electron chi connectivity index (χ1n) is 6.90. The monoisotopic (exact) mass is 288 g/mol. The number of ether oxygens (including phenoxy) is 1. The van der Waals surface area contributed by atoms with E-state index >= 15 is 0 Å². The molecule has 0 aliphatic heterocycles. The Kier molecular flexibility index (Phi) is 4.31. The lowest BCUT2D eigenvalue weighted by molar-refractivity contribution is -0.141. The van der Waals surface area contributed by atoms with Gasteiger partial charge in [0.15, 0.2) is 5.82 Å². The van der Waals surface area contributed by atoms with Crippen LogP contribution in [0.1, 0.15) is 36.6 Å². The Hall–Kier alpha value is -2.30. The van der Waals surface area contributed by atoms with Gasteiger partial charge in [-0.2, -0.15) is 0 Å². The Morgan fingerprint density at radius 2 is 2.05 bits per heavy atom. The number of hydrogen-bond donors (Lipinski definition) is 0. The summed E-state index contributed by atoms with van der Waals surface area (Å²) >= 11 is 0. The van der Waals surface area contributed by atoms with Gasteiger partial charge in [-0.25, -0.2) is 4.79 Å². The van der Waals surface area contributed by atoms with Gasteiger partial charge in [0.1, 0.15) is 5.76 Å². The van der Waals surface area contributed by atoms with E-state index in [0.717, 1.165) is 28.5 Å². The molecule has 0 saturated carbocycles. The maximum atomic E-state index is 11.6. The highest BCUT2D eigenvalue weighted by Gasteiger charge is 2.12. The Balaban J connectivity index is 2.27. The van der Waals surface area contributed by atoms with Gasteiger partial charge < -0.3 is 9.26 Å². The lowest BCUT2D eigenvalue weighted by Crippen LogP contribution is -2.08. The Morgan fingerprint density at radius 1 is 1.33 bits per heavy atom. The van der Waals surface area contributed by atoms with Crippen molar-refractivity contribution < 1.29 is 14.1 Å². The molecule has 0 aliphatic carbocycles. The summed E-state index contributed by atoms with van der Waals surface area (Å²) < 4.78 is 12.2. The summed E-state index contributed by atoms with van der Waals surface area (Å²) in [5.41, 5.74) is 2.97. The molecular formula is C16H20N2O3. The molecule has 5 nitrogen and oxygen atoms in total. The van der Waals surface area contributed by atoms with Crippen molar-refractivity contribution in [3.05, 3.63) is 40.9 Å². The van der Waals surface area contributed by atoms with E-state index < -0.39 is 0 Å². The number of carbonyl (C=O) groups is 1. The van der Waals surface area contributed by atoms with Crippen molar-refractivity contribution in [2.24, 2.45) is 0 Å². The van der Waals surface area contributed by atoms with Gasteiger partial charge in [0.25, 0.3) is 0 Å². The molecule has 0 aromatic carbocycles. The number of hydrogen-bond acceptors (Lipinski definition) is 4. The van der Waals surface area contributed by atoms with Crippen LogP contribution in [0.5, 0.6) is 0 Å². The van der Waals surface area contributed by atoms with Gasteiger partial charge in [-0.1, -0.05) is 5.16 Å². The number of aromatic nitrogens is 2. The van der Waals surface area contributed by atoms with E-state index in [1.807, 2.05) is 51.3 Å². The highest BCUT2D eigenvalue weighted by atomic mass is 16.5. The molecule has 2 aromatic rings. The molecule has 0 radical (unpaired) electrons. The molecule has 0 atom stereocenters. The van der Waals surface area contributed by atoms with Crippen molar-refractivity contribution in [2.75, 3.05) is 0 Å². The predicted octanol–water partition coefficient (Wildman–Crippen LogP) is 3.36. The number of aryl methyl sites for hydroxylation is 2. The maximum absolute atomic E-state index is 11.6. The van der Waals surface area contributed by atoms with E-state index in [-0.39, 0.29) is 12.1 Å². The average molecular weight is 288 g/mol. The van der Waals surface area contributed by atoms with Gasteiger partial charge in [-0.3, -0.25) is 4.57 Å². The van der Waals surface area contributed by atoms with Crippen molar-refractivity contribution in [3.63, 3.8) is 0 Å². The lowest BCUT2D eigenvalue weighted by Gasteiger charge is -2.04. The smallest absolute Gasteiger partial charge is 0.331 e. The molecule has 0 saturated heterocycles. The summed E-state index contributed by atoms with van der Waals surface area (Å²) in [5.74, 6) is 1.16. The van der Waals surface area contributed by atoms with Gasteiger partial charge in [0.05, 0.1) is 6.10 Å². The number of rotatable bonds is 4. The van der Waals surface area contributed by atoms with Crippen LogP contribution in [0.2, 0.25) is 0 Å². The average Bonchev–Trinajstić information content (AvgIpc) is 2.90. The largest absolute Gasteiger partial charge is 0.460 e. The Morgan fingerprint density at radius 3 is 2.62 bits per heavy atom. The molecule has 5 heteroatoms. The molecule has 112 valence electrons. The van der Waals surface area contributed by atoms with Crippen LogP contribution in [0.3, 0.4) is 0 Å². The Labute approximate surface area is 124 Å². The zero-order valence-electron chi connectivity index (χ0n) is 13.0. The van der Waals surface area contributed by atoms with Crippen LogP contribution in [0, 0.1) is 20.8 Å². The topological polar surface area (TPSA) is 57.3 Å². The summed E-state index contributed by atoms with van der Waals surface area (Å²) in [6.07, 6.45) is 3.09. The van der Waals surface area contributed by atoms with E-state index in [4.69, 9.17) is 9.26 Å². The van der Waals surface area contributed by atoms with Crippen LogP contribution < -0.4 is 0 Å². The minimum Gasteiger partial charge on any atom is -0.460 e. The fourth-order valence-corrected chi connectivity index (χ4v) is 2.20. The molecule has 0 bridgehead atoms. The SMILES string of the molecule is Cc1cc(-n2c(C)cc(/C=C/C(=O)OC(C)C)c2C)no1. The van der Waals surface area contributed by atoms with E-state index in [2.05, 4.69) is 5.16 Å². The van der Waals surface area contributed by atoms with Crippen molar-refractivity contribution >= 4 is 12.0 Å². The highest BCUT2D eigenvalue weighted by Crippen LogP contribution is 2.21. The van der Waals surface area contributed by atoms with Crippen LogP contribution in [-0.4, -0.2) is 21.8 Å². The molecular weight excluding hydrogens is 268 g/mol. The third-order valence-corrected chi connectivity index (χ3v) is 3.07. The van der Waals surface area contributed by atoms with Crippen LogP contribution in [-0.2, 0) is 9.53 Å². The predicted molar refractivity (Wildman–Crippen MR) is 80.3 cm³/mol. The van der Waals surface area contributed by atoms with Crippen molar-refractivity contribution in [1.29, 1.82) is 0 Å². The summed E-state index contributed by atoms with van der Waals surface area (Å²) in [6.45, 7) is 9.47. The first-order chi connectivity index (χ1) is 9.88. The lowest BCUT2D eigenvalue weighted by atomic mass is 10.2. The molecule has 2 aromatic heterocycles. The van der Waals surface area contributed by atoms with Crippen LogP contribution in [0.15, 0.2) is 22.7 Å². The molecule has 0 spiro atoms. The number of nitrogens with zero attached hydrogens (tertiary/aromatic N) is 2. The third-order valence-electron chi connectivity index (χ3n) is 3.07. The van der Waals surface area contributed by atoms with Crippen LogP contribution >= 0.6 is 0 Å². The molecule has 0 unspecified atom stereocenters. The third kappa shape index (κ3) is 3.42. The fraction of sp³-hybridized carbons (Fsp3) is 0.375. The van der Waals surface area contributed by atoms with E-state index in [1.165, 1.54) is 6.08 Å². The van der Waals surface area contributed by atoms with Gasteiger partial charge >= 0.3 is 5.97 Å². The van der Waals surface area contributed by atoms with Gasteiger partial charge in [0.2, 0.25) is 0 Å².